The van der Waals surface area contributed by atoms with Crippen molar-refractivity contribution in [1.82, 2.24) is 0 Å². The van der Waals surface area contributed by atoms with E-state index in [0.717, 1.165) is 28.5 Å². The molecule has 2 nitrogen and oxygen atoms in total. The predicted molar refractivity (Wildman–Crippen MR) is 90.0 cm³/mol. The molecule has 0 aliphatic carbocycles. The van der Waals surface area contributed by atoms with Crippen LogP contribution in [0.15, 0.2) is 48.5 Å². The van der Waals surface area contributed by atoms with E-state index in [4.69, 9.17) is 0 Å². The van der Waals surface area contributed by atoms with Crippen LogP contribution < -0.4 is 0 Å². The molecule has 116 valence electrons. The van der Waals surface area contributed by atoms with Gasteiger partial charge in [0.05, 0.1) is 0 Å². The lowest BCUT2D eigenvalue weighted by molar-refractivity contribution is -0.107. The molecule has 2 aromatic carbocycles. The lowest BCUT2D eigenvalue weighted by atomic mass is 9.80. The highest BCUT2D eigenvalue weighted by Crippen LogP contribution is 2.33. The molecule has 0 fully saturated rings. The zero-order chi connectivity index (χ0) is 16.4. The van der Waals surface area contributed by atoms with E-state index in [-0.39, 0.29) is 5.41 Å². The molecule has 0 aliphatic rings. The summed E-state index contributed by atoms with van der Waals surface area (Å²) >= 11 is 0. The van der Waals surface area contributed by atoms with Crippen LogP contribution in [0.1, 0.15) is 49.9 Å². The van der Waals surface area contributed by atoms with Crippen LogP contribution in [0.5, 0.6) is 0 Å². The van der Waals surface area contributed by atoms with Crippen molar-refractivity contribution in [2.45, 2.75) is 45.1 Å². The zero-order valence-corrected chi connectivity index (χ0v) is 13.8. The fraction of sp³-hybridized carbons (Fsp3) is 0.350. The van der Waals surface area contributed by atoms with Crippen LogP contribution in [0.3, 0.4) is 0 Å². The number of hydrogen-bond acceptors (Lipinski definition) is 2. The second-order valence-corrected chi connectivity index (χ2v) is 6.98. The number of aldehydes is 1. The van der Waals surface area contributed by atoms with E-state index in [1.54, 1.807) is 6.92 Å². The smallest absolute Gasteiger partial charge is 0.124 e. The third kappa shape index (κ3) is 3.45. The van der Waals surface area contributed by atoms with Crippen molar-refractivity contribution < 1.29 is 9.90 Å². The summed E-state index contributed by atoms with van der Waals surface area (Å²) in [6.45, 7) is 8.20. The van der Waals surface area contributed by atoms with Gasteiger partial charge >= 0.3 is 0 Å². The van der Waals surface area contributed by atoms with Gasteiger partial charge in [-0.2, -0.15) is 0 Å². The van der Waals surface area contributed by atoms with E-state index >= 15 is 0 Å². The van der Waals surface area contributed by atoms with Crippen molar-refractivity contribution in [2.75, 3.05) is 0 Å². The Balaban J connectivity index is 2.58. The van der Waals surface area contributed by atoms with Crippen LogP contribution in [0.2, 0.25) is 0 Å². The van der Waals surface area contributed by atoms with Crippen LogP contribution in [0.25, 0.3) is 0 Å². The molecule has 1 atom stereocenters. The van der Waals surface area contributed by atoms with E-state index in [2.05, 4.69) is 26.8 Å². The van der Waals surface area contributed by atoms with Crippen molar-refractivity contribution >= 4 is 6.29 Å². The minimum atomic E-state index is -1.08. The van der Waals surface area contributed by atoms with E-state index in [9.17, 15) is 9.90 Å². The van der Waals surface area contributed by atoms with Gasteiger partial charge in [-0.3, -0.25) is 0 Å². The average Bonchev–Trinajstić information content (AvgIpc) is 2.47. The molecule has 0 aliphatic heterocycles. The maximum absolute atomic E-state index is 11.1. The van der Waals surface area contributed by atoms with Crippen LogP contribution in [0, 0.1) is 0 Å². The van der Waals surface area contributed by atoms with Gasteiger partial charge in [-0.25, -0.2) is 0 Å². The van der Waals surface area contributed by atoms with E-state index in [1.165, 1.54) is 0 Å². The van der Waals surface area contributed by atoms with Crippen LogP contribution in [0.4, 0.5) is 0 Å². The molecule has 0 amide bonds. The van der Waals surface area contributed by atoms with Gasteiger partial charge in [0.15, 0.2) is 0 Å². The van der Waals surface area contributed by atoms with Gasteiger partial charge in [-0.05, 0) is 34.6 Å². The number of hydrogen-bond donors (Lipinski definition) is 1. The van der Waals surface area contributed by atoms with Crippen molar-refractivity contribution in [3.8, 4) is 0 Å². The fourth-order valence-electron chi connectivity index (χ4n) is 2.55. The summed E-state index contributed by atoms with van der Waals surface area (Å²) in [7, 11) is 0. The molecule has 0 aromatic heterocycles. The molecule has 2 rings (SSSR count). The monoisotopic (exact) mass is 296 g/mol. The maximum Gasteiger partial charge on any atom is 0.124 e. The van der Waals surface area contributed by atoms with Gasteiger partial charge < -0.3 is 9.90 Å². The molecule has 0 saturated heterocycles. The Morgan fingerprint density at radius 2 is 1.50 bits per heavy atom. The SMILES string of the molecule is CC(C)(C)c1cc(CC=O)cc(C(C)(O)c2ccccc2)c1. The lowest BCUT2D eigenvalue weighted by Gasteiger charge is -2.28. The van der Waals surface area contributed by atoms with Gasteiger partial charge in [-0.1, -0.05) is 69.3 Å². The molecule has 1 unspecified atom stereocenters. The normalized spacial score (nSPS) is 14.4. The van der Waals surface area contributed by atoms with Gasteiger partial charge in [0.2, 0.25) is 0 Å². The summed E-state index contributed by atoms with van der Waals surface area (Å²) < 4.78 is 0. The quantitative estimate of drug-likeness (QED) is 0.866. The molecule has 22 heavy (non-hydrogen) atoms. The molecule has 0 saturated carbocycles. The van der Waals surface area contributed by atoms with Crippen molar-refractivity contribution in [1.29, 1.82) is 0 Å². The highest BCUT2D eigenvalue weighted by atomic mass is 16.3. The number of aliphatic hydroxyl groups is 1. The number of carbonyl (C=O) groups excluding carboxylic acids is 1. The summed E-state index contributed by atoms with van der Waals surface area (Å²) in [6, 6.07) is 15.6. The maximum atomic E-state index is 11.1. The van der Waals surface area contributed by atoms with Gasteiger partial charge in [-0.15, -0.1) is 0 Å². The Kier molecular flexibility index (Phi) is 4.52. The largest absolute Gasteiger partial charge is 0.381 e. The number of benzene rings is 2. The minimum absolute atomic E-state index is 0.0413. The summed E-state index contributed by atoms with van der Waals surface area (Å²) in [5.74, 6) is 0. The Labute approximate surface area is 132 Å². The van der Waals surface area contributed by atoms with Crippen molar-refractivity contribution in [2.24, 2.45) is 0 Å². The number of rotatable bonds is 4. The molecule has 0 bridgehead atoms. The average molecular weight is 296 g/mol. The number of carbonyl (C=O) groups is 1. The first-order valence-corrected chi connectivity index (χ1v) is 7.61. The second-order valence-electron chi connectivity index (χ2n) is 6.98. The zero-order valence-electron chi connectivity index (χ0n) is 13.8. The molecule has 2 aromatic rings. The first kappa shape index (κ1) is 16.4. The fourth-order valence-corrected chi connectivity index (χ4v) is 2.55. The third-order valence-corrected chi connectivity index (χ3v) is 4.08. The molecular formula is C20H24O2. The topological polar surface area (TPSA) is 37.3 Å². The van der Waals surface area contributed by atoms with E-state index in [0.29, 0.717) is 6.42 Å². The highest BCUT2D eigenvalue weighted by molar-refractivity contribution is 5.56. The molecule has 1 N–H and O–H groups in total. The third-order valence-electron chi connectivity index (χ3n) is 4.08. The van der Waals surface area contributed by atoms with Crippen LogP contribution in [-0.4, -0.2) is 11.4 Å². The summed E-state index contributed by atoms with van der Waals surface area (Å²) in [6.07, 6.45) is 1.27. The van der Waals surface area contributed by atoms with Crippen molar-refractivity contribution in [3.63, 3.8) is 0 Å². The minimum Gasteiger partial charge on any atom is -0.381 e. The van der Waals surface area contributed by atoms with E-state index in [1.807, 2.05) is 42.5 Å². The molecule has 0 radical (unpaired) electrons. The Hall–Kier alpha value is -1.93. The second kappa shape index (κ2) is 6.05. The van der Waals surface area contributed by atoms with Crippen LogP contribution in [-0.2, 0) is 22.2 Å². The lowest BCUT2D eigenvalue weighted by Crippen LogP contribution is -2.24. The highest BCUT2D eigenvalue weighted by Gasteiger charge is 2.27. The molecular weight excluding hydrogens is 272 g/mol. The first-order valence-electron chi connectivity index (χ1n) is 7.61. The molecule has 0 spiro atoms. The predicted octanol–water partition coefficient (Wildman–Crippen LogP) is 3.98. The van der Waals surface area contributed by atoms with Gasteiger partial charge in [0.1, 0.15) is 11.9 Å². The summed E-state index contributed by atoms with van der Waals surface area (Å²) in [5.41, 5.74) is 2.60. The van der Waals surface area contributed by atoms with Crippen LogP contribution >= 0.6 is 0 Å². The first-order chi connectivity index (χ1) is 10.2. The Morgan fingerprint density at radius 1 is 0.909 bits per heavy atom. The molecule has 2 heteroatoms. The Morgan fingerprint density at radius 3 is 2.05 bits per heavy atom. The van der Waals surface area contributed by atoms with Gasteiger partial charge in [0, 0.05) is 6.42 Å². The molecule has 0 heterocycles. The van der Waals surface area contributed by atoms with E-state index < -0.39 is 5.60 Å². The van der Waals surface area contributed by atoms with Crippen molar-refractivity contribution in [3.05, 3.63) is 70.8 Å². The Bertz CT molecular complexity index is 649. The standard InChI is InChI=1S/C20H24O2/c1-19(2,3)17-12-15(10-11-21)13-18(14-17)20(4,22)16-8-6-5-7-9-16/h5-9,11-14,22H,10H2,1-4H3. The summed E-state index contributed by atoms with van der Waals surface area (Å²) in [5, 5.41) is 11.1. The summed E-state index contributed by atoms with van der Waals surface area (Å²) in [4.78, 5) is 10.9. The van der Waals surface area contributed by atoms with Gasteiger partial charge in [0.25, 0.3) is 0 Å².